The van der Waals surface area contributed by atoms with Gasteiger partial charge in [-0.05, 0) is 45.7 Å². The van der Waals surface area contributed by atoms with Gasteiger partial charge in [-0.1, -0.05) is 0 Å². The van der Waals surface area contributed by atoms with Crippen molar-refractivity contribution in [1.29, 1.82) is 0 Å². The predicted octanol–water partition coefficient (Wildman–Crippen LogP) is 2.42. The lowest BCUT2D eigenvalue weighted by Crippen LogP contribution is -2.46. The van der Waals surface area contributed by atoms with Gasteiger partial charge in [-0.25, -0.2) is 4.98 Å². The monoisotopic (exact) mass is 251 g/mol. The molecule has 0 saturated carbocycles. The molecule has 2 aliphatic rings. The van der Waals surface area contributed by atoms with E-state index in [2.05, 4.69) is 27.5 Å². The van der Waals surface area contributed by atoms with Gasteiger partial charge in [0.25, 0.3) is 0 Å². The lowest BCUT2D eigenvalue weighted by Gasteiger charge is -2.36. The van der Waals surface area contributed by atoms with Crippen LogP contribution in [0.2, 0.25) is 0 Å². The van der Waals surface area contributed by atoms with Crippen molar-refractivity contribution in [2.45, 2.75) is 50.7 Å². The zero-order valence-corrected chi connectivity index (χ0v) is 11.2. The number of fused-ring (bicyclic) bond motifs is 1. The molecule has 4 heteroatoms. The molecule has 0 aromatic carbocycles. The summed E-state index contributed by atoms with van der Waals surface area (Å²) in [6, 6.07) is 1.94. The van der Waals surface area contributed by atoms with Crippen LogP contribution in [0.4, 0.5) is 0 Å². The lowest BCUT2D eigenvalue weighted by atomic mass is 9.97. The van der Waals surface area contributed by atoms with Gasteiger partial charge < -0.3 is 10.2 Å². The molecule has 1 N–H and O–H groups in total. The van der Waals surface area contributed by atoms with Crippen LogP contribution >= 0.6 is 11.3 Å². The third-order valence-electron chi connectivity index (χ3n) is 4.20. The summed E-state index contributed by atoms with van der Waals surface area (Å²) < 4.78 is 0. The Bertz CT molecular complexity index is 352. The van der Waals surface area contributed by atoms with Gasteiger partial charge in [-0.15, -0.1) is 11.3 Å². The van der Waals surface area contributed by atoms with Crippen molar-refractivity contribution in [3.63, 3.8) is 0 Å². The summed E-state index contributed by atoms with van der Waals surface area (Å²) in [6.07, 6.45) is 5.43. The number of nitrogens with zero attached hydrogens (tertiary/aromatic N) is 2. The zero-order valence-electron chi connectivity index (χ0n) is 10.4. The Morgan fingerprint density at radius 1 is 1.47 bits per heavy atom. The summed E-state index contributed by atoms with van der Waals surface area (Å²) >= 11 is 1.69. The van der Waals surface area contributed by atoms with Crippen LogP contribution in [-0.2, 0) is 0 Å². The fourth-order valence-electron chi connectivity index (χ4n) is 3.25. The fourth-order valence-corrected chi connectivity index (χ4v) is 3.90. The first kappa shape index (κ1) is 11.6. The molecule has 2 fully saturated rings. The smallest absolute Gasteiger partial charge is 0.0795 e. The maximum Gasteiger partial charge on any atom is 0.0795 e. The predicted molar refractivity (Wildman–Crippen MR) is 71.3 cm³/mol. The number of hydrogen-bond donors (Lipinski definition) is 1. The van der Waals surface area contributed by atoms with Gasteiger partial charge in [-0.2, -0.15) is 0 Å². The van der Waals surface area contributed by atoms with Crippen molar-refractivity contribution in [3.8, 4) is 0 Å². The molecule has 1 aromatic rings. The Labute approximate surface area is 107 Å². The Morgan fingerprint density at radius 2 is 2.41 bits per heavy atom. The first-order chi connectivity index (χ1) is 8.33. The fraction of sp³-hybridized carbons (Fsp3) is 0.769. The average Bonchev–Trinajstić information content (AvgIpc) is 2.99. The van der Waals surface area contributed by atoms with E-state index in [9.17, 15) is 0 Å². The highest BCUT2D eigenvalue weighted by molar-refractivity contribution is 7.07. The Balaban J connectivity index is 1.55. The van der Waals surface area contributed by atoms with E-state index in [-0.39, 0.29) is 0 Å². The third kappa shape index (κ3) is 2.54. The summed E-state index contributed by atoms with van der Waals surface area (Å²) in [4.78, 5) is 7.07. The van der Waals surface area contributed by atoms with Crippen molar-refractivity contribution in [2.75, 3.05) is 13.1 Å². The Hall–Kier alpha value is -0.450. The number of rotatable bonds is 3. The van der Waals surface area contributed by atoms with E-state index in [1.165, 1.54) is 44.5 Å². The van der Waals surface area contributed by atoms with E-state index in [4.69, 9.17) is 0 Å². The highest BCUT2D eigenvalue weighted by Gasteiger charge is 2.32. The molecular formula is C13H21N3S. The van der Waals surface area contributed by atoms with Gasteiger partial charge >= 0.3 is 0 Å². The van der Waals surface area contributed by atoms with Gasteiger partial charge in [0.15, 0.2) is 0 Å². The highest BCUT2D eigenvalue weighted by atomic mass is 32.1. The molecule has 2 saturated heterocycles. The molecule has 1 aromatic heterocycles. The maximum absolute atomic E-state index is 4.39. The number of hydrogen-bond acceptors (Lipinski definition) is 4. The summed E-state index contributed by atoms with van der Waals surface area (Å²) in [5, 5.41) is 5.91. The summed E-state index contributed by atoms with van der Waals surface area (Å²) in [6.45, 7) is 4.85. The van der Waals surface area contributed by atoms with Crippen LogP contribution in [0, 0.1) is 0 Å². The van der Waals surface area contributed by atoms with E-state index in [0.717, 1.165) is 6.04 Å². The number of aromatic nitrogens is 1. The molecule has 0 radical (unpaired) electrons. The van der Waals surface area contributed by atoms with Crippen LogP contribution in [0.5, 0.6) is 0 Å². The largest absolute Gasteiger partial charge is 0.306 e. The maximum atomic E-state index is 4.39. The normalized spacial score (nSPS) is 31.4. The quantitative estimate of drug-likeness (QED) is 0.894. The van der Waals surface area contributed by atoms with Gasteiger partial charge in [0.1, 0.15) is 0 Å². The van der Waals surface area contributed by atoms with E-state index < -0.39 is 0 Å². The van der Waals surface area contributed by atoms with Crippen LogP contribution < -0.4 is 5.32 Å². The van der Waals surface area contributed by atoms with E-state index >= 15 is 0 Å². The van der Waals surface area contributed by atoms with Crippen LogP contribution in [0.15, 0.2) is 10.9 Å². The van der Waals surface area contributed by atoms with Crippen molar-refractivity contribution in [1.82, 2.24) is 15.2 Å². The van der Waals surface area contributed by atoms with E-state index in [0.29, 0.717) is 12.1 Å². The van der Waals surface area contributed by atoms with Crippen molar-refractivity contribution in [2.24, 2.45) is 0 Å². The molecule has 0 spiro atoms. The molecule has 0 bridgehead atoms. The van der Waals surface area contributed by atoms with Crippen LogP contribution in [0.3, 0.4) is 0 Å². The molecule has 3 heterocycles. The molecular weight excluding hydrogens is 230 g/mol. The second-order valence-corrected chi connectivity index (χ2v) is 6.07. The minimum Gasteiger partial charge on any atom is -0.306 e. The van der Waals surface area contributed by atoms with Crippen molar-refractivity contribution in [3.05, 3.63) is 16.6 Å². The zero-order chi connectivity index (χ0) is 11.7. The van der Waals surface area contributed by atoms with Crippen molar-refractivity contribution >= 4 is 11.3 Å². The van der Waals surface area contributed by atoms with Crippen molar-refractivity contribution < 1.29 is 0 Å². The van der Waals surface area contributed by atoms with Gasteiger partial charge in [0.2, 0.25) is 0 Å². The average molecular weight is 251 g/mol. The molecule has 3 unspecified atom stereocenters. The van der Waals surface area contributed by atoms with Gasteiger partial charge in [0, 0.05) is 23.5 Å². The molecule has 2 aliphatic heterocycles. The number of piperidine rings is 1. The molecule has 94 valence electrons. The number of thiazole rings is 1. The minimum absolute atomic E-state index is 0.402. The lowest BCUT2D eigenvalue weighted by molar-refractivity contribution is 0.162. The first-order valence-electron chi connectivity index (χ1n) is 6.71. The highest BCUT2D eigenvalue weighted by Crippen LogP contribution is 2.28. The van der Waals surface area contributed by atoms with E-state index in [1.54, 1.807) is 11.3 Å². The summed E-state index contributed by atoms with van der Waals surface area (Å²) in [5.41, 5.74) is 3.12. The second kappa shape index (κ2) is 5.04. The SMILES string of the molecule is CC(NC1CCN2CCCC2C1)c1cscn1. The van der Waals surface area contributed by atoms with Gasteiger partial charge in [0.05, 0.1) is 11.2 Å². The Kier molecular flexibility index (Phi) is 3.45. The minimum atomic E-state index is 0.402. The topological polar surface area (TPSA) is 28.2 Å². The molecule has 3 nitrogen and oxygen atoms in total. The molecule has 3 rings (SSSR count). The molecule has 0 amide bonds. The van der Waals surface area contributed by atoms with Crippen LogP contribution in [0.25, 0.3) is 0 Å². The third-order valence-corrected chi connectivity index (χ3v) is 4.81. The first-order valence-corrected chi connectivity index (χ1v) is 7.65. The summed E-state index contributed by atoms with van der Waals surface area (Å²) in [7, 11) is 0. The van der Waals surface area contributed by atoms with E-state index in [1.807, 2.05) is 5.51 Å². The molecule has 3 atom stereocenters. The standard InChI is InChI=1S/C13H21N3S/c1-10(13-8-17-9-14-13)15-11-4-6-16-5-2-3-12(16)7-11/h8-12,15H,2-7H2,1H3. The second-order valence-electron chi connectivity index (χ2n) is 5.35. The number of nitrogens with one attached hydrogen (secondary N) is 1. The Morgan fingerprint density at radius 3 is 3.24 bits per heavy atom. The van der Waals surface area contributed by atoms with Gasteiger partial charge in [-0.3, -0.25) is 0 Å². The van der Waals surface area contributed by atoms with Crippen LogP contribution in [0.1, 0.15) is 44.3 Å². The molecule has 0 aliphatic carbocycles. The van der Waals surface area contributed by atoms with Crippen LogP contribution in [-0.4, -0.2) is 35.1 Å². The molecule has 17 heavy (non-hydrogen) atoms. The summed E-state index contributed by atoms with van der Waals surface area (Å²) in [5.74, 6) is 0.